The summed E-state index contributed by atoms with van der Waals surface area (Å²) < 4.78 is 5.21. The van der Waals surface area contributed by atoms with E-state index in [-0.39, 0.29) is 0 Å². The molecule has 0 fully saturated rings. The fourth-order valence-corrected chi connectivity index (χ4v) is 1.89. The number of para-hydroxylation sites is 1. The van der Waals surface area contributed by atoms with E-state index >= 15 is 0 Å². The predicted octanol–water partition coefficient (Wildman–Crippen LogP) is 3.53. The van der Waals surface area contributed by atoms with Gasteiger partial charge in [0.2, 0.25) is 0 Å². The molecular weight excluding hydrogens is 256 g/mol. The maximum Gasteiger partial charge on any atom is 0.177 e. The SMILES string of the molecule is COc1cccc(N(C)C(=S)Nc2ccccc2)c1. The topological polar surface area (TPSA) is 24.5 Å². The molecule has 4 heteroatoms. The Morgan fingerprint density at radius 1 is 1.11 bits per heavy atom. The highest BCUT2D eigenvalue weighted by molar-refractivity contribution is 7.80. The van der Waals surface area contributed by atoms with Crippen LogP contribution < -0.4 is 15.0 Å². The molecule has 0 aliphatic carbocycles. The molecule has 2 rings (SSSR count). The largest absolute Gasteiger partial charge is 0.497 e. The van der Waals surface area contributed by atoms with E-state index in [1.54, 1.807) is 7.11 Å². The molecule has 19 heavy (non-hydrogen) atoms. The van der Waals surface area contributed by atoms with E-state index in [0.29, 0.717) is 5.11 Å². The molecule has 0 saturated heterocycles. The summed E-state index contributed by atoms with van der Waals surface area (Å²) in [6, 6.07) is 17.6. The second-order valence-corrected chi connectivity index (χ2v) is 4.44. The van der Waals surface area contributed by atoms with Crippen molar-refractivity contribution in [2.45, 2.75) is 0 Å². The third kappa shape index (κ3) is 3.45. The number of hydrogen-bond donors (Lipinski definition) is 1. The first-order valence-electron chi connectivity index (χ1n) is 5.94. The lowest BCUT2D eigenvalue weighted by Crippen LogP contribution is -2.30. The van der Waals surface area contributed by atoms with Gasteiger partial charge in [-0.15, -0.1) is 0 Å². The molecule has 0 bridgehead atoms. The van der Waals surface area contributed by atoms with Gasteiger partial charge in [-0.3, -0.25) is 0 Å². The third-order valence-electron chi connectivity index (χ3n) is 2.77. The summed E-state index contributed by atoms with van der Waals surface area (Å²) in [4.78, 5) is 1.91. The van der Waals surface area contributed by atoms with E-state index in [0.717, 1.165) is 17.1 Å². The van der Waals surface area contributed by atoms with Gasteiger partial charge in [-0.1, -0.05) is 24.3 Å². The summed E-state index contributed by atoms with van der Waals surface area (Å²) in [5.41, 5.74) is 1.95. The van der Waals surface area contributed by atoms with Crippen molar-refractivity contribution in [1.29, 1.82) is 0 Å². The van der Waals surface area contributed by atoms with Gasteiger partial charge in [-0.05, 0) is 36.5 Å². The number of anilines is 2. The number of methoxy groups -OCH3 is 1. The van der Waals surface area contributed by atoms with Gasteiger partial charge in [0.05, 0.1) is 7.11 Å². The minimum absolute atomic E-state index is 0.638. The molecule has 0 spiro atoms. The molecule has 3 nitrogen and oxygen atoms in total. The van der Waals surface area contributed by atoms with Crippen LogP contribution in [0.25, 0.3) is 0 Å². The van der Waals surface area contributed by atoms with Crippen LogP contribution in [0.4, 0.5) is 11.4 Å². The Bertz CT molecular complexity index is 557. The molecule has 2 aromatic carbocycles. The molecule has 0 aliphatic heterocycles. The second-order valence-electron chi connectivity index (χ2n) is 4.06. The maximum atomic E-state index is 5.39. The fraction of sp³-hybridized carbons (Fsp3) is 0.133. The van der Waals surface area contributed by atoms with E-state index in [2.05, 4.69) is 5.32 Å². The predicted molar refractivity (Wildman–Crippen MR) is 84.1 cm³/mol. The maximum absolute atomic E-state index is 5.39. The number of nitrogens with one attached hydrogen (secondary N) is 1. The first-order valence-corrected chi connectivity index (χ1v) is 6.35. The fourth-order valence-electron chi connectivity index (χ4n) is 1.67. The zero-order valence-electron chi connectivity index (χ0n) is 11.0. The highest BCUT2D eigenvalue weighted by atomic mass is 32.1. The third-order valence-corrected chi connectivity index (χ3v) is 3.15. The van der Waals surface area contributed by atoms with Crippen LogP contribution in [0.3, 0.4) is 0 Å². The quantitative estimate of drug-likeness (QED) is 0.864. The summed E-state index contributed by atoms with van der Waals surface area (Å²) in [5.74, 6) is 0.812. The summed E-state index contributed by atoms with van der Waals surface area (Å²) in [7, 11) is 3.58. The van der Waals surface area contributed by atoms with E-state index < -0.39 is 0 Å². The standard InChI is InChI=1S/C15H16N2OS/c1-17(13-9-6-10-14(11-13)18-2)15(19)16-12-7-4-3-5-8-12/h3-11H,1-2H3,(H,16,19). The van der Waals surface area contributed by atoms with Gasteiger partial charge < -0.3 is 15.0 Å². The number of benzene rings is 2. The molecule has 2 aromatic rings. The molecule has 0 aliphatic rings. The van der Waals surface area contributed by atoms with E-state index in [4.69, 9.17) is 17.0 Å². The van der Waals surface area contributed by atoms with Crippen molar-refractivity contribution in [1.82, 2.24) is 0 Å². The lowest BCUT2D eigenvalue weighted by atomic mass is 10.3. The van der Waals surface area contributed by atoms with Crippen LogP contribution in [0.1, 0.15) is 0 Å². The molecule has 0 heterocycles. The molecule has 0 aromatic heterocycles. The Hall–Kier alpha value is -2.07. The van der Waals surface area contributed by atoms with E-state index in [1.807, 2.05) is 66.5 Å². The molecule has 0 radical (unpaired) electrons. The Balaban J connectivity index is 2.10. The number of hydrogen-bond acceptors (Lipinski definition) is 2. The average Bonchev–Trinajstić information content (AvgIpc) is 2.47. The van der Waals surface area contributed by atoms with Gasteiger partial charge in [-0.2, -0.15) is 0 Å². The Morgan fingerprint density at radius 3 is 2.53 bits per heavy atom. The smallest absolute Gasteiger partial charge is 0.177 e. The van der Waals surface area contributed by atoms with Gasteiger partial charge in [0, 0.05) is 24.5 Å². The highest BCUT2D eigenvalue weighted by Gasteiger charge is 2.07. The summed E-state index contributed by atoms with van der Waals surface area (Å²) in [6.45, 7) is 0. The van der Waals surface area contributed by atoms with Gasteiger partial charge >= 0.3 is 0 Å². The van der Waals surface area contributed by atoms with Gasteiger partial charge in [0.25, 0.3) is 0 Å². The van der Waals surface area contributed by atoms with Crippen molar-refractivity contribution in [3.63, 3.8) is 0 Å². The number of thiocarbonyl (C=S) groups is 1. The van der Waals surface area contributed by atoms with E-state index in [1.165, 1.54) is 0 Å². The van der Waals surface area contributed by atoms with Crippen LogP contribution in [0, 0.1) is 0 Å². The lowest BCUT2D eigenvalue weighted by Gasteiger charge is -2.21. The van der Waals surface area contributed by atoms with Crippen molar-refractivity contribution in [2.75, 3.05) is 24.4 Å². The number of ether oxygens (including phenoxy) is 1. The van der Waals surface area contributed by atoms with Crippen molar-refractivity contribution in [2.24, 2.45) is 0 Å². The van der Waals surface area contributed by atoms with Crippen molar-refractivity contribution < 1.29 is 4.74 Å². The molecule has 0 amide bonds. The second kappa shape index (κ2) is 6.20. The zero-order valence-corrected chi connectivity index (χ0v) is 11.8. The molecule has 98 valence electrons. The van der Waals surface area contributed by atoms with Crippen molar-refractivity contribution in [3.05, 3.63) is 54.6 Å². The van der Waals surface area contributed by atoms with Crippen molar-refractivity contribution in [3.8, 4) is 5.75 Å². The molecule has 0 saturated carbocycles. The molecule has 1 N–H and O–H groups in total. The Kier molecular flexibility index (Phi) is 4.36. The van der Waals surface area contributed by atoms with Crippen LogP contribution in [-0.4, -0.2) is 19.3 Å². The molecule has 0 unspecified atom stereocenters. The summed E-state index contributed by atoms with van der Waals surface area (Å²) in [5, 5.41) is 3.83. The minimum Gasteiger partial charge on any atom is -0.497 e. The van der Waals surface area contributed by atoms with Gasteiger partial charge in [0.1, 0.15) is 5.75 Å². The highest BCUT2D eigenvalue weighted by Crippen LogP contribution is 2.20. The first-order chi connectivity index (χ1) is 9.20. The van der Waals surface area contributed by atoms with Gasteiger partial charge in [-0.25, -0.2) is 0 Å². The Labute approximate surface area is 118 Å². The Morgan fingerprint density at radius 2 is 1.84 bits per heavy atom. The number of rotatable bonds is 3. The van der Waals surface area contributed by atoms with Crippen LogP contribution in [0.2, 0.25) is 0 Å². The van der Waals surface area contributed by atoms with Crippen LogP contribution in [0.5, 0.6) is 5.75 Å². The first kappa shape index (κ1) is 13.4. The number of nitrogens with zero attached hydrogens (tertiary/aromatic N) is 1. The zero-order chi connectivity index (χ0) is 13.7. The van der Waals surface area contributed by atoms with Crippen LogP contribution in [-0.2, 0) is 0 Å². The van der Waals surface area contributed by atoms with Crippen molar-refractivity contribution >= 4 is 28.7 Å². The monoisotopic (exact) mass is 272 g/mol. The molecular formula is C15H16N2OS. The summed E-state index contributed by atoms with van der Waals surface area (Å²) >= 11 is 5.39. The summed E-state index contributed by atoms with van der Waals surface area (Å²) in [6.07, 6.45) is 0. The normalized spacial score (nSPS) is 9.79. The van der Waals surface area contributed by atoms with Gasteiger partial charge in [0.15, 0.2) is 5.11 Å². The van der Waals surface area contributed by atoms with Crippen LogP contribution in [0.15, 0.2) is 54.6 Å². The van der Waals surface area contributed by atoms with Crippen LogP contribution >= 0.6 is 12.2 Å². The molecule has 0 atom stereocenters. The lowest BCUT2D eigenvalue weighted by molar-refractivity contribution is 0.415. The van der Waals surface area contributed by atoms with E-state index in [9.17, 15) is 0 Å². The minimum atomic E-state index is 0.638. The average molecular weight is 272 g/mol.